The van der Waals surface area contributed by atoms with Crippen LogP contribution in [-0.2, 0) is 11.2 Å². The molecular formula is C18H26FN3O3. The molecule has 0 aliphatic carbocycles. The van der Waals surface area contributed by atoms with Crippen molar-refractivity contribution in [3.05, 3.63) is 35.6 Å². The van der Waals surface area contributed by atoms with E-state index in [-0.39, 0.29) is 30.0 Å². The summed E-state index contributed by atoms with van der Waals surface area (Å²) in [6.07, 6.45) is 1.51. The summed E-state index contributed by atoms with van der Waals surface area (Å²) in [6.45, 7) is 5.11. The fourth-order valence-corrected chi connectivity index (χ4v) is 2.92. The summed E-state index contributed by atoms with van der Waals surface area (Å²) in [6, 6.07) is 6.13. The number of carbonyl (C=O) groups excluding carboxylic acids is 2. The van der Waals surface area contributed by atoms with Crippen molar-refractivity contribution >= 4 is 12.1 Å². The van der Waals surface area contributed by atoms with Gasteiger partial charge in [0, 0.05) is 25.2 Å². The quantitative estimate of drug-likeness (QED) is 0.857. The van der Waals surface area contributed by atoms with E-state index in [0.717, 1.165) is 0 Å². The van der Waals surface area contributed by atoms with Gasteiger partial charge in [0.05, 0.1) is 6.61 Å². The maximum Gasteiger partial charge on any atom is 0.409 e. The molecule has 1 atom stereocenters. The van der Waals surface area contributed by atoms with Crippen LogP contribution in [0.1, 0.15) is 32.3 Å². The van der Waals surface area contributed by atoms with Crippen molar-refractivity contribution in [1.82, 2.24) is 15.5 Å². The molecule has 0 aromatic heterocycles. The number of amides is 3. The van der Waals surface area contributed by atoms with Crippen LogP contribution in [-0.4, -0.2) is 48.8 Å². The standard InChI is InChI=1S/C18H26FN3O3/c1-3-25-18(24)22-10-8-15(9-11-22)21-17(23)20-13(2)12-14-6-4-5-7-16(14)19/h4-7,13,15H,3,8-12H2,1-2H3,(H2,20,21,23). The zero-order valence-corrected chi connectivity index (χ0v) is 14.8. The molecule has 1 heterocycles. The first-order chi connectivity index (χ1) is 12.0. The minimum Gasteiger partial charge on any atom is -0.450 e. The summed E-state index contributed by atoms with van der Waals surface area (Å²) in [5, 5.41) is 5.75. The van der Waals surface area contributed by atoms with E-state index in [9.17, 15) is 14.0 Å². The molecule has 1 aromatic rings. The zero-order chi connectivity index (χ0) is 18.2. The minimum atomic E-state index is -0.302. The second-order valence-corrected chi connectivity index (χ2v) is 6.27. The van der Waals surface area contributed by atoms with Gasteiger partial charge in [0.25, 0.3) is 0 Å². The number of piperidine rings is 1. The highest BCUT2D eigenvalue weighted by atomic mass is 19.1. The highest BCUT2D eigenvalue weighted by molar-refractivity contribution is 5.74. The molecule has 1 aliphatic heterocycles. The molecule has 138 valence electrons. The number of carbonyl (C=O) groups is 2. The molecular weight excluding hydrogens is 325 g/mol. The fraction of sp³-hybridized carbons (Fsp3) is 0.556. The Balaban J connectivity index is 1.72. The predicted molar refractivity (Wildman–Crippen MR) is 92.9 cm³/mol. The van der Waals surface area contributed by atoms with Gasteiger partial charge in [-0.15, -0.1) is 0 Å². The van der Waals surface area contributed by atoms with Crippen LogP contribution in [0.25, 0.3) is 0 Å². The van der Waals surface area contributed by atoms with Gasteiger partial charge in [0.15, 0.2) is 0 Å². The molecule has 25 heavy (non-hydrogen) atoms. The lowest BCUT2D eigenvalue weighted by Gasteiger charge is -2.31. The van der Waals surface area contributed by atoms with Crippen molar-refractivity contribution in [2.45, 2.75) is 45.2 Å². The van der Waals surface area contributed by atoms with Crippen molar-refractivity contribution < 1.29 is 18.7 Å². The number of hydrogen-bond donors (Lipinski definition) is 2. The van der Waals surface area contributed by atoms with Crippen LogP contribution in [0.3, 0.4) is 0 Å². The Morgan fingerprint density at radius 3 is 2.64 bits per heavy atom. The predicted octanol–water partition coefficient (Wildman–Crippen LogP) is 2.68. The van der Waals surface area contributed by atoms with E-state index in [4.69, 9.17) is 4.74 Å². The van der Waals surface area contributed by atoms with Crippen LogP contribution in [0.4, 0.5) is 14.0 Å². The molecule has 7 heteroatoms. The van der Waals surface area contributed by atoms with Gasteiger partial charge in [-0.1, -0.05) is 18.2 Å². The zero-order valence-electron chi connectivity index (χ0n) is 14.8. The summed E-state index contributed by atoms with van der Waals surface area (Å²) in [7, 11) is 0. The van der Waals surface area contributed by atoms with Crippen LogP contribution >= 0.6 is 0 Å². The van der Waals surface area contributed by atoms with E-state index in [0.29, 0.717) is 44.5 Å². The lowest BCUT2D eigenvalue weighted by molar-refractivity contribution is 0.0957. The molecule has 2 N–H and O–H groups in total. The van der Waals surface area contributed by atoms with E-state index >= 15 is 0 Å². The number of likely N-dealkylation sites (tertiary alicyclic amines) is 1. The van der Waals surface area contributed by atoms with Crippen LogP contribution in [0.5, 0.6) is 0 Å². The van der Waals surface area contributed by atoms with Crippen molar-refractivity contribution in [2.24, 2.45) is 0 Å². The topological polar surface area (TPSA) is 70.7 Å². The fourth-order valence-electron chi connectivity index (χ4n) is 2.92. The number of nitrogens with one attached hydrogen (secondary N) is 2. The first-order valence-electron chi connectivity index (χ1n) is 8.71. The molecule has 0 radical (unpaired) electrons. The number of urea groups is 1. The molecule has 2 rings (SSSR count). The third-order valence-electron chi connectivity index (χ3n) is 4.22. The van der Waals surface area contributed by atoms with E-state index in [2.05, 4.69) is 10.6 Å². The van der Waals surface area contributed by atoms with E-state index in [1.54, 1.807) is 30.0 Å². The van der Waals surface area contributed by atoms with Gasteiger partial charge in [0.1, 0.15) is 5.82 Å². The van der Waals surface area contributed by atoms with E-state index < -0.39 is 0 Å². The molecule has 1 aliphatic rings. The first-order valence-corrected chi connectivity index (χ1v) is 8.71. The number of ether oxygens (including phenoxy) is 1. The monoisotopic (exact) mass is 351 g/mol. The molecule has 0 saturated carbocycles. The normalized spacial score (nSPS) is 16.2. The lowest BCUT2D eigenvalue weighted by Crippen LogP contribution is -2.50. The van der Waals surface area contributed by atoms with Gasteiger partial charge >= 0.3 is 12.1 Å². The number of benzene rings is 1. The maximum absolute atomic E-state index is 13.6. The van der Waals surface area contributed by atoms with Crippen LogP contribution in [0, 0.1) is 5.82 Å². The molecule has 0 spiro atoms. The molecule has 1 unspecified atom stereocenters. The van der Waals surface area contributed by atoms with Gasteiger partial charge in [-0.3, -0.25) is 0 Å². The number of halogens is 1. The lowest BCUT2D eigenvalue weighted by atomic mass is 10.1. The summed E-state index contributed by atoms with van der Waals surface area (Å²) in [4.78, 5) is 25.4. The van der Waals surface area contributed by atoms with Gasteiger partial charge in [-0.25, -0.2) is 14.0 Å². The maximum atomic E-state index is 13.6. The molecule has 1 fully saturated rings. The molecule has 0 bridgehead atoms. The minimum absolute atomic E-state index is 0.0198. The largest absolute Gasteiger partial charge is 0.450 e. The SMILES string of the molecule is CCOC(=O)N1CCC(NC(=O)NC(C)Cc2ccccc2F)CC1. The van der Waals surface area contributed by atoms with Crippen LogP contribution < -0.4 is 10.6 Å². The Morgan fingerprint density at radius 1 is 1.32 bits per heavy atom. The van der Waals surface area contributed by atoms with Crippen molar-refractivity contribution in [1.29, 1.82) is 0 Å². The number of hydrogen-bond acceptors (Lipinski definition) is 3. The van der Waals surface area contributed by atoms with E-state index in [1.165, 1.54) is 6.07 Å². The number of rotatable bonds is 5. The Hall–Kier alpha value is -2.31. The van der Waals surface area contributed by atoms with Crippen LogP contribution in [0.2, 0.25) is 0 Å². The third kappa shape index (κ3) is 5.92. The Bertz CT molecular complexity index is 589. The highest BCUT2D eigenvalue weighted by Gasteiger charge is 2.24. The van der Waals surface area contributed by atoms with Crippen molar-refractivity contribution in [3.8, 4) is 0 Å². The average molecular weight is 351 g/mol. The van der Waals surface area contributed by atoms with Gasteiger partial charge in [0.2, 0.25) is 0 Å². The van der Waals surface area contributed by atoms with Crippen molar-refractivity contribution in [3.63, 3.8) is 0 Å². The van der Waals surface area contributed by atoms with Gasteiger partial charge in [-0.2, -0.15) is 0 Å². The molecule has 3 amide bonds. The molecule has 6 nitrogen and oxygen atoms in total. The first kappa shape index (κ1) is 19.0. The summed E-state index contributed by atoms with van der Waals surface area (Å²) in [5.41, 5.74) is 0.582. The highest BCUT2D eigenvalue weighted by Crippen LogP contribution is 2.12. The third-order valence-corrected chi connectivity index (χ3v) is 4.22. The number of nitrogens with zero attached hydrogens (tertiary/aromatic N) is 1. The molecule has 1 saturated heterocycles. The second-order valence-electron chi connectivity index (χ2n) is 6.27. The molecule has 1 aromatic carbocycles. The summed E-state index contributed by atoms with van der Waals surface area (Å²) < 4.78 is 18.6. The average Bonchev–Trinajstić information content (AvgIpc) is 2.57. The van der Waals surface area contributed by atoms with Crippen molar-refractivity contribution in [2.75, 3.05) is 19.7 Å². The second kappa shape index (κ2) is 9.25. The summed E-state index contributed by atoms with van der Waals surface area (Å²) in [5.74, 6) is -0.261. The van der Waals surface area contributed by atoms with Gasteiger partial charge in [-0.05, 0) is 44.7 Å². The van der Waals surface area contributed by atoms with Gasteiger partial charge < -0.3 is 20.3 Å². The summed E-state index contributed by atoms with van der Waals surface area (Å²) >= 11 is 0. The smallest absolute Gasteiger partial charge is 0.409 e. The van der Waals surface area contributed by atoms with E-state index in [1.807, 2.05) is 6.92 Å². The Morgan fingerprint density at radius 2 is 2.00 bits per heavy atom. The Kier molecular flexibility index (Phi) is 7.03. The van der Waals surface area contributed by atoms with Crippen LogP contribution in [0.15, 0.2) is 24.3 Å². The Labute approximate surface area is 147 Å².